The van der Waals surface area contributed by atoms with Crippen molar-refractivity contribution in [2.24, 2.45) is 0 Å². The third kappa shape index (κ3) is 4.60. The van der Waals surface area contributed by atoms with Gasteiger partial charge in [-0.1, -0.05) is 48.5 Å². The summed E-state index contributed by atoms with van der Waals surface area (Å²) in [4.78, 5) is 0. The predicted molar refractivity (Wildman–Crippen MR) is 158 cm³/mol. The van der Waals surface area contributed by atoms with Crippen LogP contribution in [-0.4, -0.2) is 25.5 Å². The lowest BCUT2D eigenvalue weighted by Gasteiger charge is -2.25. The summed E-state index contributed by atoms with van der Waals surface area (Å²) < 4.78 is 0. The van der Waals surface area contributed by atoms with Gasteiger partial charge in [0, 0.05) is 28.2 Å². The number of hydrogen-bond donors (Lipinski definition) is 5. The topological polar surface area (TPSA) is 101 Å². The summed E-state index contributed by atoms with van der Waals surface area (Å²) in [6.07, 6.45) is 0. The Morgan fingerprint density at radius 1 is 0.450 bits per heavy atom. The highest BCUT2D eigenvalue weighted by Crippen LogP contribution is 2.49. The number of aromatic hydroxyl groups is 5. The van der Waals surface area contributed by atoms with Crippen LogP contribution in [0.1, 0.15) is 44.9 Å². The summed E-state index contributed by atoms with van der Waals surface area (Å²) in [6.45, 7) is 7.30. The van der Waals surface area contributed by atoms with Crippen LogP contribution >= 0.6 is 0 Å². The van der Waals surface area contributed by atoms with E-state index in [0.29, 0.717) is 50.1 Å². The third-order valence-corrected chi connectivity index (χ3v) is 7.60. The van der Waals surface area contributed by atoms with Gasteiger partial charge in [0.1, 0.15) is 28.7 Å². The highest BCUT2D eigenvalue weighted by atomic mass is 16.3. The summed E-state index contributed by atoms with van der Waals surface area (Å²) in [5.74, 6) is -0.191. The van der Waals surface area contributed by atoms with Crippen LogP contribution < -0.4 is 0 Å². The summed E-state index contributed by atoms with van der Waals surface area (Å²) in [7, 11) is 0. The van der Waals surface area contributed by atoms with Gasteiger partial charge in [0.25, 0.3) is 0 Å². The monoisotopic (exact) mass is 532 g/mol. The average Bonchev–Trinajstić information content (AvgIpc) is 2.92. The number of benzene rings is 5. The van der Waals surface area contributed by atoms with Crippen LogP contribution in [0.3, 0.4) is 0 Å². The molecule has 0 fully saturated rings. The van der Waals surface area contributed by atoms with Crippen molar-refractivity contribution in [2.75, 3.05) is 0 Å². The van der Waals surface area contributed by atoms with Crippen LogP contribution in [0.15, 0.2) is 84.9 Å². The van der Waals surface area contributed by atoms with Crippen LogP contribution in [0.2, 0.25) is 0 Å². The van der Waals surface area contributed by atoms with Gasteiger partial charge in [-0.3, -0.25) is 0 Å². The van der Waals surface area contributed by atoms with Crippen molar-refractivity contribution in [2.45, 2.75) is 33.6 Å². The van der Waals surface area contributed by atoms with Crippen LogP contribution in [0, 0.1) is 27.7 Å². The fourth-order valence-corrected chi connectivity index (χ4v) is 5.55. The number of phenolic OH excluding ortho intramolecular Hbond substituents is 5. The lowest BCUT2D eigenvalue weighted by Crippen LogP contribution is -2.06. The second-order valence-corrected chi connectivity index (χ2v) is 10.4. The molecular weight excluding hydrogens is 500 g/mol. The predicted octanol–water partition coefficient (Wildman–Crippen LogP) is 7.96. The Bertz CT molecular complexity index is 1660. The summed E-state index contributed by atoms with van der Waals surface area (Å²) in [5, 5.41) is 54.8. The minimum Gasteiger partial charge on any atom is -0.508 e. The summed E-state index contributed by atoms with van der Waals surface area (Å²) >= 11 is 0. The summed E-state index contributed by atoms with van der Waals surface area (Å²) in [6, 6.07) is 25.0. The molecule has 0 atom stereocenters. The number of para-hydroxylation sites is 2. The molecule has 5 heteroatoms. The van der Waals surface area contributed by atoms with E-state index in [-0.39, 0.29) is 28.7 Å². The van der Waals surface area contributed by atoms with Gasteiger partial charge in [0.15, 0.2) is 0 Å². The van der Waals surface area contributed by atoms with Crippen molar-refractivity contribution < 1.29 is 25.5 Å². The van der Waals surface area contributed by atoms with Crippen LogP contribution in [-0.2, 0) is 0 Å². The molecule has 40 heavy (non-hydrogen) atoms. The van der Waals surface area contributed by atoms with Crippen LogP contribution in [0.5, 0.6) is 28.7 Å². The molecule has 0 aliphatic heterocycles. The molecule has 202 valence electrons. The fourth-order valence-electron chi connectivity index (χ4n) is 5.55. The smallest absolute Gasteiger partial charge is 0.128 e. The van der Waals surface area contributed by atoms with E-state index >= 15 is 0 Å². The Hall–Kier alpha value is -4.90. The molecule has 0 heterocycles. The zero-order chi connectivity index (χ0) is 28.7. The first-order valence-electron chi connectivity index (χ1n) is 13.1. The molecule has 0 amide bonds. The maximum absolute atomic E-state index is 12.1. The normalized spacial score (nSPS) is 11.2. The van der Waals surface area contributed by atoms with Gasteiger partial charge in [-0.2, -0.15) is 0 Å². The van der Waals surface area contributed by atoms with E-state index in [1.165, 1.54) is 0 Å². The molecule has 5 rings (SSSR count). The van der Waals surface area contributed by atoms with Crippen molar-refractivity contribution in [3.05, 3.63) is 124 Å². The molecule has 5 aromatic rings. The first-order valence-corrected chi connectivity index (χ1v) is 13.1. The van der Waals surface area contributed by atoms with E-state index < -0.39 is 5.92 Å². The minimum absolute atomic E-state index is 0.0122. The van der Waals surface area contributed by atoms with Gasteiger partial charge in [-0.05, 0) is 103 Å². The molecule has 0 saturated heterocycles. The van der Waals surface area contributed by atoms with Crippen molar-refractivity contribution in [1.82, 2.24) is 0 Å². The van der Waals surface area contributed by atoms with E-state index in [2.05, 4.69) is 0 Å². The Labute approximate surface area is 233 Å². The molecule has 0 aromatic heterocycles. The molecule has 0 saturated carbocycles. The van der Waals surface area contributed by atoms with Gasteiger partial charge in [0.2, 0.25) is 0 Å². The minimum atomic E-state index is -0.683. The van der Waals surface area contributed by atoms with Gasteiger partial charge in [-0.25, -0.2) is 0 Å². The lowest BCUT2D eigenvalue weighted by atomic mass is 9.80. The van der Waals surface area contributed by atoms with E-state index in [4.69, 9.17) is 0 Å². The van der Waals surface area contributed by atoms with Crippen molar-refractivity contribution in [3.63, 3.8) is 0 Å². The number of rotatable bonds is 5. The third-order valence-electron chi connectivity index (χ3n) is 7.60. The molecule has 0 aliphatic carbocycles. The first kappa shape index (κ1) is 26.7. The number of aryl methyl sites for hydroxylation is 4. The van der Waals surface area contributed by atoms with Gasteiger partial charge >= 0.3 is 0 Å². The van der Waals surface area contributed by atoms with E-state index in [1.807, 2.05) is 76.2 Å². The lowest BCUT2D eigenvalue weighted by molar-refractivity contribution is 0.451. The standard InChI is InChI=1S/C35H32O5/c1-19-15-23(16-20(2)33(19)38)25-13-14-28(35(40)31(25)24-17-21(3)34(39)22(4)18-24)32(26-9-5-7-11-29(26)36)27-10-6-8-12-30(27)37/h5-18,32,36-40H,1-4H3. The van der Waals surface area contributed by atoms with Crippen molar-refractivity contribution >= 4 is 0 Å². The molecule has 0 bridgehead atoms. The van der Waals surface area contributed by atoms with Crippen molar-refractivity contribution in [1.29, 1.82) is 0 Å². The second kappa shape index (κ2) is 10.3. The Morgan fingerprint density at radius 2 is 0.875 bits per heavy atom. The molecule has 0 spiro atoms. The first-order chi connectivity index (χ1) is 19.1. The second-order valence-electron chi connectivity index (χ2n) is 10.4. The molecular formula is C35H32O5. The van der Waals surface area contributed by atoms with Gasteiger partial charge < -0.3 is 25.5 Å². The van der Waals surface area contributed by atoms with Crippen LogP contribution in [0.25, 0.3) is 22.3 Å². The average molecular weight is 533 g/mol. The summed E-state index contributed by atoms with van der Waals surface area (Å²) in [5.41, 5.74) is 7.14. The molecule has 5 nitrogen and oxygen atoms in total. The van der Waals surface area contributed by atoms with Crippen LogP contribution in [0.4, 0.5) is 0 Å². The highest BCUT2D eigenvalue weighted by molar-refractivity contribution is 5.90. The Morgan fingerprint density at radius 3 is 1.32 bits per heavy atom. The van der Waals surface area contributed by atoms with Gasteiger partial charge in [0.05, 0.1) is 0 Å². The number of hydrogen-bond acceptors (Lipinski definition) is 5. The largest absolute Gasteiger partial charge is 0.508 e. The molecule has 0 radical (unpaired) electrons. The van der Waals surface area contributed by atoms with E-state index in [9.17, 15) is 25.5 Å². The van der Waals surface area contributed by atoms with E-state index in [0.717, 1.165) is 11.1 Å². The zero-order valence-electron chi connectivity index (χ0n) is 22.9. The molecule has 0 aliphatic rings. The maximum atomic E-state index is 12.1. The van der Waals surface area contributed by atoms with Crippen molar-refractivity contribution in [3.8, 4) is 51.0 Å². The fraction of sp³-hybridized carbons (Fsp3) is 0.143. The molecule has 5 N–H and O–H groups in total. The van der Waals surface area contributed by atoms with Gasteiger partial charge in [-0.15, -0.1) is 0 Å². The highest BCUT2D eigenvalue weighted by Gasteiger charge is 2.28. The molecule has 5 aromatic carbocycles. The van der Waals surface area contributed by atoms with E-state index in [1.54, 1.807) is 36.4 Å². The molecule has 0 unspecified atom stereocenters. The maximum Gasteiger partial charge on any atom is 0.128 e. The number of phenols is 5. The SMILES string of the molecule is Cc1cc(-c2ccc(C(c3ccccc3O)c3ccccc3O)c(O)c2-c2cc(C)c(O)c(C)c2)cc(C)c1O. The quantitative estimate of drug-likeness (QED) is 0.148. The Kier molecular flexibility index (Phi) is 6.90. The zero-order valence-corrected chi connectivity index (χ0v) is 22.9. The Balaban J connectivity index is 1.87.